The van der Waals surface area contributed by atoms with Gasteiger partial charge in [-0.1, -0.05) is 54.6 Å². The van der Waals surface area contributed by atoms with Crippen LogP contribution >= 0.6 is 0 Å². The molecule has 4 nitrogen and oxygen atoms in total. The van der Waals surface area contributed by atoms with Gasteiger partial charge in [0, 0.05) is 12.1 Å². The van der Waals surface area contributed by atoms with Gasteiger partial charge in [0.05, 0.1) is 0 Å². The zero-order valence-electron chi connectivity index (χ0n) is 15.0. The third-order valence-electron chi connectivity index (χ3n) is 4.64. The number of ether oxygens (including phenoxy) is 2. The topological polar surface area (TPSA) is 47.6 Å². The van der Waals surface area contributed by atoms with Crippen molar-refractivity contribution in [3.63, 3.8) is 0 Å². The Hall–Kier alpha value is -3.27. The molecule has 1 amide bonds. The number of fused-ring (bicyclic) bond motifs is 1. The van der Waals surface area contributed by atoms with Crippen molar-refractivity contribution in [3.05, 3.63) is 95.1 Å². The van der Waals surface area contributed by atoms with Gasteiger partial charge in [0.2, 0.25) is 6.79 Å². The Bertz CT molecular complexity index is 937. The van der Waals surface area contributed by atoms with E-state index in [4.69, 9.17) is 9.47 Å². The lowest BCUT2D eigenvalue weighted by molar-refractivity contribution is 0.0953. The van der Waals surface area contributed by atoms with Crippen LogP contribution in [0, 0.1) is 0 Å². The molecule has 0 saturated carbocycles. The molecule has 1 N–H and O–H groups in total. The predicted octanol–water partition coefficient (Wildman–Crippen LogP) is 3.98. The molecule has 0 spiro atoms. The third-order valence-corrected chi connectivity index (χ3v) is 4.64. The summed E-state index contributed by atoms with van der Waals surface area (Å²) in [5.74, 6) is 1.51. The van der Waals surface area contributed by atoms with Crippen molar-refractivity contribution in [2.24, 2.45) is 0 Å². The first kappa shape index (κ1) is 17.2. The van der Waals surface area contributed by atoms with Crippen LogP contribution in [-0.4, -0.2) is 19.2 Å². The minimum absolute atomic E-state index is 0.0396. The molecule has 0 radical (unpaired) electrons. The van der Waals surface area contributed by atoms with Crippen molar-refractivity contribution in [2.75, 3.05) is 13.3 Å². The van der Waals surface area contributed by atoms with Gasteiger partial charge in [-0.15, -0.1) is 0 Å². The predicted molar refractivity (Wildman–Crippen MR) is 104 cm³/mol. The quantitative estimate of drug-likeness (QED) is 0.724. The first-order valence-electron chi connectivity index (χ1n) is 9.08. The van der Waals surface area contributed by atoms with Crippen LogP contribution in [0.1, 0.15) is 27.0 Å². The van der Waals surface area contributed by atoms with Gasteiger partial charge in [0.25, 0.3) is 5.91 Å². The van der Waals surface area contributed by atoms with E-state index in [0.717, 1.165) is 41.0 Å². The van der Waals surface area contributed by atoms with Crippen LogP contribution in [0.3, 0.4) is 0 Å². The van der Waals surface area contributed by atoms with Crippen LogP contribution in [-0.2, 0) is 12.8 Å². The minimum atomic E-state index is -0.0396. The molecule has 0 aromatic heterocycles. The highest BCUT2D eigenvalue weighted by molar-refractivity contribution is 5.95. The number of nitrogens with one attached hydrogen (secondary N) is 1. The van der Waals surface area contributed by atoms with E-state index in [2.05, 4.69) is 17.4 Å². The summed E-state index contributed by atoms with van der Waals surface area (Å²) in [6.07, 6.45) is 1.48. The van der Waals surface area contributed by atoms with Crippen LogP contribution in [0.25, 0.3) is 0 Å². The average Bonchev–Trinajstić information content (AvgIpc) is 3.17. The maximum Gasteiger partial charge on any atom is 0.251 e. The molecule has 4 heteroatoms. The summed E-state index contributed by atoms with van der Waals surface area (Å²) in [7, 11) is 0. The lowest BCUT2D eigenvalue weighted by Crippen LogP contribution is -2.26. The number of benzene rings is 3. The van der Waals surface area contributed by atoms with Gasteiger partial charge in [-0.3, -0.25) is 4.79 Å². The van der Waals surface area contributed by atoms with E-state index in [1.54, 1.807) is 0 Å². The second kappa shape index (κ2) is 7.96. The van der Waals surface area contributed by atoms with E-state index in [1.807, 2.05) is 60.7 Å². The number of carbonyl (C=O) groups is 1. The Morgan fingerprint density at radius 1 is 0.852 bits per heavy atom. The smallest absolute Gasteiger partial charge is 0.251 e. The van der Waals surface area contributed by atoms with Crippen LogP contribution in [0.2, 0.25) is 0 Å². The van der Waals surface area contributed by atoms with Crippen molar-refractivity contribution in [1.82, 2.24) is 5.32 Å². The number of hydrogen-bond donors (Lipinski definition) is 1. The Morgan fingerprint density at radius 2 is 1.63 bits per heavy atom. The monoisotopic (exact) mass is 359 g/mol. The first-order valence-corrected chi connectivity index (χ1v) is 9.08. The van der Waals surface area contributed by atoms with Gasteiger partial charge in [0.15, 0.2) is 11.5 Å². The van der Waals surface area contributed by atoms with Crippen LogP contribution in [0.15, 0.2) is 72.8 Å². The normalized spacial score (nSPS) is 12.0. The molecule has 1 heterocycles. The van der Waals surface area contributed by atoms with Gasteiger partial charge in [-0.05, 0) is 47.7 Å². The highest BCUT2D eigenvalue weighted by Gasteiger charge is 2.14. The third kappa shape index (κ3) is 4.11. The maximum absolute atomic E-state index is 12.7. The molecule has 4 rings (SSSR count). The number of amides is 1. The lowest BCUT2D eigenvalue weighted by atomic mass is 9.99. The maximum atomic E-state index is 12.7. The Morgan fingerprint density at radius 3 is 2.52 bits per heavy atom. The summed E-state index contributed by atoms with van der Waals surface area (Å²) in [4.78, 5) is 12.7. The fraction of sp³-hybridized carbons (Fsp3) is 0.174. The standard InChI is InChI=1S/C23H21NO3/c25-23(24-13-12-18-10-11-21-22(15-18)27-16-26-21)20-9-5-4-8-19(20)14-17-6-2-1-3-7-17/h1-11,15H,12-14,16H2,(H,24,25). The largest absolute Gasteiger partial charge is 0.454 e. The van der Waals surface area contributed by atoms with Gasteiger partial charge in [-0.25, -0.2) is 0 Å². The summed E-state index contributed by atoms with van der Waals surface area (Å²) in [6, 6.07) is 23.8. The summed E-state index contributed by atoms with van der Waals surface area (Å²) in [5, 5.41) is 3.03. The molecule has 0 atom stereocenters. The van der Waals surface area contributed by atoms with Crippen molar-refractivity contribution >= 4 is 5.91 Å². The van der Waals surface area contributed by atoms with Crippen LogP contribution in [0.4, 0.5) is 0 Å². The molecule has 3 aromatic carbocycles. The van der Waals surface area contributed by atoms with Crippen molar-refractivity contribution in [2.45, 2.75) is 12.8 Å². The molecule has 27 heavy (non-hydrogen) atoms. The van der Waals surface area contributed by atoms with E-state index >= 15 is 0 Å². The Kier molecular flexibility index (Phi) is 5.06. The fourth-order valence-electron chi connectivity index (χ4n) is 3.22. The molecule has 0 fully saturated rings. The summed E-state index contributed by atoms with van der Waals surface area (Å²) in [5.41, 5.74) is 4.06. The van der Waals surface area contributed by atoms with Crippen molar-refractivity contribution in [1.29, 1.82) is 0 Å². The van der Waals surface area contributed by atoms with Crippen molar-refractivity contribution < 1.29 is 14.3 Å². The summed E-state index contributed by atoms with van der Waals surface area (Å²) < 4.78 is 10.7. The number of carbonyl (C=O) groups excluding carboxylic acids is 1. The molecule has 3 aromatic rings. The molecule has 0 aliphatic carbocycles. The van der Waals surface area contributed by atoms with Crippen LogP contribution < -0.4 is 14.8 Å². The van der Waals surface area contributed by atoms with E-state index in [1.165, 1.54) is 5.56 Å². The second-order valence-electron chi connectivity index (χ2n) is 6.51. The molecule has 1 aliphatic heterocycles. The molecule has 0 bridgehead atoms. The average molecular weight is 359 g/mol. The van der Waals surface area contributed by atoms with E-state index < -0.39 is 0 Å². The lowest BCUT2D eigenvalue weighted by Gasteiger charge is -2.11. The SMILES string of the molecule is O=C(NCCc1ccc2c(c1)OCO2)c1ccccc1Cc1ccccc1. The van der Waals surface area contributed by atoms with Gasteiger partial charge in [0.1, 0.15) is 0 Å². The van der Waals surface area contributed by atoms with Crippen molar-refractivity contribution in [3.8, 4) is 11.5 Å². The zero-order chi connectivity index (χ0) is 18.5. The van der Waals surface area contributed by atoms with Gasteiger partial charge >= 0.3 is 0 Å². The Balaban J connectivity index is 1.38. The second-order valence-corrected chi connectivity index (χ2v) is 6.51. The summed E-state index contributed by atoms with van der Waals surface area (Å²) >= 11 is 0. The first-order chi connectivity index (χ1) is 13.3. The van der Waals surface area contributed by atoms with E-state index in [9.17, 15) is 4.79 Å². The minimum Gasteiger partial charge on any atom is -0.454 e. The van der Waals surface area contributed by atoms with E-state index in [0.29, 0.717) is 6.54 Å². The number of hydrogen-bond acceptors (Lipinski definition) is 3. The van der Waals surface area contributed by atoms with Gasteiger partial charge < -0.3 is 14.8 Å². The fourth-order valence-corrected chi connectivity index (χ4v) is 3.22. The molecule has 0 unspecified atom stereocenters. The molecule has 1 aliphatic rings. The van der Waals surface area contributed by atoms with E-state index in [-0.39, 0.29) is 12.7 Å². The summed E-state index contributed by atoms with van der Waals surface area (Å²) in [6.45, 7) is 0.839. The highest BCUT2D eigenvalue weighted by Crippen LogP contribution is 2.32. The zero-order valence-corrected chi connectivity index (χ0v) is 15.0. The molecular weight excluding hydrogens is 338 g/mol. The number of rotatable bonds is 6. The van der Waals surface area contributed by atoms with Gasteiger partial charge in [-0.2, -0.15) is 0 Å². The highest BCUT2D eigenvalue weighted by atomic mass is 16.7. The molecule has 136 valence electrons. The van der Waals surface area contributed by atoms with Crippen LogP contribution in [0.5, 0.6) is 11.5 Å². The molecule has 0 saturated heterocycles. The molecular formula is C23H21NO3. The Labute approximate surface area is 158 Å².